The SMILES string of the molecule is CC(O)CN(C)CC1CC(C)CCC1O. The summed E-state index contributed by atoms with van der Waals surface area (Å²) in [5.74, 6) is 1.12. The van der Waals surface area contributed by atoms with Crippen molar-refractivity contribution in [2.45, 2.75) is 45.3 Å². The predicted molar refractivity (Wildman–Crippen MR) is 61.7 cm³/mol. The summed E-state index contributed by atoms with van der Waals surface area (Å²) >= 11 is 0. The van der Waals surface area contributed by atoms with E-state index in [0.29, 0.717) is 12.5 Å². The molecule has 0 saturated heterocycles. The van der Waals surface area contributed by atoms with Crippen LogP contribution in [0.3, 0.4) is 0 Å². The van der Waals surface area contributed by atoms with Crippen molar-refractivity contribution in [3.05, 3.63) is 0 Å². The van der Waals surface area contributed by atoms with Crippen LogP contribution in [-0.4, -0.2) is 47.5 Å². The first-order chi connectivity index (χ1) is 6.99. The molecule has 4 atom stereocenters. The van der Waals surface area contributed by atoms with Crippen molar-refractivity contribution >= 4 is 0 Å². The molecule has 3 nitrogen and oxygen atoms in total. The van der Waals surface area contributed by atoms with Crippen molar-refractivity contribution in [2.24, 2.45) is 11.8 Å². The molecule has 1 saturated carbocycles. The molecule has 1 fully saturated rings. The molecular weight excluding hydrogens is 190 g/mol. The molecule has 15 heavy (non-hydrogen) atoms. The van der Waals surface area contributed by atoms with Gasteiger partial charge < -0.3 is 15.1 Å². The minimum Gasteiger partial charge on any atom is -0.393 e. The molecule has 1 rings (SSSR count). The number of hydrogen-bond acceptors (Lipinski definition) is 3. The molecule has 0 aliphatic heterocycles. The van der Waals surface area contributed by atoms with E-state index < -0.39 is 0 Å². The van der Waals surface area contributed by atoms with E-state index in [0.717, 1.165) is 31.7 Å². The lowest BCUT2D eigenvalue weighted by molar-refractivity contribution is 0.0276. The highest BCUT2D eigenvalue weighted by Crippen LogP contribution is 2.29. The summed E-state index contributed by atoms with van der Waals surface area (Å²) in [5, 5.41) is 19.1. The fourth-order valence-electron chi connectivity index (χ4n) is 2.60. The standard InChI is InChI=1S/C12H25NO2/c1-9-4-5-12(15)11(6-9)8-13(3)7-10(2)14/h9-12,14-15H,4-8H2,1-3H3. The summed E-state index contributed by atoms with van der Waals surface area (Å²) in [6.07, 6.45) is 2.78. The van der Waals surface area contributed by atoms with Gasteiger partial charge in [0.1, 0.15) is 0 Å². The summed E-state index contributed by atoms with van der Waals surface area (Å²) in [6, 6.07) is 0. The van der Waals surface area contributed by atoms with Crippen LogP contribution in [0, 0.1) is 11.8 Å². The van der Waals surface area contributed by atoms with Crippen molar-refractivity contribution in [3.8, 4) is 0 Å². The average Bonchev–Trinajstić information content (AvgIpc) is 2.10. The van der Waals surface area contributed by atoms with Crippen LogP contribution in [0.1, 0.15) is 33.1 Å². The van der Waals surface area contributed by atoms with Crippen molar-refractivity contribution < 1.29 is 10.2 Å². The molecule has 1 aliphatic rings. The Morgan fingerprint density at radius 3 is 2.67 bits per heavy atom. The average molecular weight is 215 g/mol. The predicted octanol–water partition coefficient (Wildman–Crippen LogP) is 1.10. The largest absolute Gasteiger partial charge is 0.393 e. The maximum Gasteiger partial charge on any atom is 0.0638 e. The van der Waals surface area contributed by atoms with Crippen LogP contribution in [0.4, 0.5) is 0 Å². The van der Waals surface area contributed by atoms with Crippen LogP contribution in [0.5, 0.6) is 0 Å². The first-order valence-electron chi connectivity index (χ1n) is 6.03. The smallest absolute Gasteiger partial charge is 0.0638 e. The zero-order valence-corrected chi connectivity index (χ0v) is 10.2. The van der Waals surface area contributed by atoms with Crippen LogP contribution in [0.25, 0.3) is 0 Å². The van der Waals surface area contributed by atoms with Crippen molar-refractivity contribution in [3.63, 3.8) is 0 Å². The van der Waals surface area contributed by atoms with Gasteiger partial charge in [-0.1, -0.05) is 6.92 Å². The summed E-state index contributed by atoms with van der Waals surface area (Å²) < 4.78 is 0. The highest BCUT2D eigenvalue weighted by Gasteiger charge is 2.27. The third-order valence-electron chi connectivity index (χ3n) is 3.33. The van der Waals surface area contributed by atoms with Gasteiger partial charge in [-0.15, -0.1) is 0 Å². The minimum absolute atomic E-state index is 0.141. The lowest BCUT2D eigenvalue weighted by Crippen LogP contribution is -2.39. The zero-order valence-electron chi connectivity index (χ0n) is 10.2. The van der Waals surface area contributed by atoms with Crippen molar-refractivity contribution in [1.29, 1.82) is 0 Å². The monoisotopic (exact) mass is 215 g/mol. The Kier molecular flexibility index (Phi) is 5.03. The summed E-state index contributed by atoms with van der Waals surface area (Å²) in [7, 11) is 2.01. The van der Waals surface area contributed by atoms with E-state index in [-0.39, 0.29) is 12.2 Å². The Bertz CT molecular complexity index is 184. The number of aliphatic hydroxyl groups excluding tert-OH is 2. The summed E-state index contributed by atoms with van der Waals surface area (Å²) in [4.78, 5) is 2.12. The Hall–Kier alpha value is -0.120. The molecule has 3 heteroatoms. The maximum atomic E-state index is 9.88. The van der Waals surface area contributed by atoms with Crippen molar-refractivity contribution in [1.82, 2.24) is 4.90 Å². The second kappa shape index (κ2) is 5.83. The third kappa shape index (κ3) is 4.49. The van der Waals surface area contributed by atoms with Crippen LogP contribution >= 0.6 is 0 Å². The van der Waals surface area contributed by atoms with Gasteiger partial charge in [0.2, 0.25) is 0 Å². The molecule has 0 amide bonds. The number of aliphatic hydroxyl groups is 2. The molecule has 0 heterocycles. The van der Waals surface area contributed by atoms with E-state index >= 15 is 0 Å². The normalized spacial score (nSPS) is 34.4. The molecule has 4 unspecified atom stereocenters. The van der Waals surface area contributed by atoms with E-state index in [2.05, 4.69) is 11.8 Å². The topological polar surface area (TPSA) is 43.7 Å². The Labute approximate surface area is 93.1 Å². The minimum atomic E-state index is -0.284. The van der Waals surface area contributed by atoms with Crippen LogP contribution in [-0.2, 0) is 0 Å². The second-order valence-electron chi connectivity index (χ2n) is 5.32. The molecule has 2 N–H and O–H groups in total. The van der Waals surface area contributed by atoms with Crippen LogP contribution in [0.2, 0.25) is 0 Å². The quantitative estimate of drug-likeness (QED) is 0.738. The Balaban J connectivity index is 2.34. The fourth-order valence-corrected chi connectivity index (χ4v) is 2.60. The van der Waals surface area contributed by atoms with E-state index in [9.17, 15) is 10.2 Å². The molecule has 0 aromatic heterocycles. The lowest BCUT2D eigenvalue weighted by Gasteiger charge is -2.34. The first kappa shape index (κ1) is 12.9. The van der Waals surface area contributed by atoms with Gasteiger partial charge in [-0.25, -0.2) is 0 Å². The fraction of sp³-hybridized carbons (Fsp3) is 1.00. The lowest BCUT2D eigenvalue weighted by atomic mass is 9.80. The number of nitrogens with zero attached hydrogens (tertiary/aromatic N) is 1. The molecule has 0 aromatic carbocycles. The highest BCUT2D eigenvalue weighted by atomic mass is 16.3. The van der Waals surface area contributed by atoms with Crippen LogP contribution in [0.15, 0.2) is 0 Å². The molecule has 0 bridgehead atoms. The van der Waals surface area contributed by atoms with E-state index in [4.69, 9.17) is 0 Å². The number of rotatable bonds is 4. The van der Waals surface area contributed by atoms with E-state index in [1.54, 1.807) is 6.92 Å². The van der Waals surface area contributed by atoms with Gasteiger partial charge in [-0.3, -0.25) is 0 Å². The van der Waals surface area contributed by atoms with Gasteiger partial charge in [0, 0.05) is 13.1 Å². The molecule has 0 aromatic rings. The summed E-state index contributed by atoms with van der Waals surface area (Å²) in [6.45, 7) is 5.65. The van der Waals surface area contributed by atoms with Crippen LogP contribution < -0.4 is 0 Å². The Morgan fingerprint density at radius 2 is 2.07 bits per heavy atom. The molecular formula is C12H25NO2. The van der Waals surface area contributed by atoms with Crippen molar-refractivity contribution in [2.75, 3.05) is 20.1 Å². The molecule has 0 radical (unpaired) electrons. The zero-order chi connectivity index (χ0) is 11.4. The van der Waals surface area contributed by atoms with Gasteiger partial charge in [0.05, 0.1) is 12.2 Å². The Morgan fingerprint density at radius 1 is 1.40 bits per heavy atom. The molecule has 90 valence electrons. The van der Waals surface area contributed by atoms with E-state index in [1.807, 2.05) is 7.05 Å². The van der Waals surface area contributed by atoms with E-state index in [1.165, 1.54) is 0 Å². The second-order valence-corrected chi connectivity index (χ2v) is 5.32. The third-order valence-corrected chi connectivity index (χ3v) is 3.33. The molecule has 0 spiro atoms. The maximum absolute atomic E-state index is 9.88. The van der Waals surface area contributed by atoms with Gasteiger partial charge in [-0.05, 0) is 45.1 Å². The van der Waals surface area contributed by atoms with Gasteiger partial charge in [-0.2, -0.15) is 0 Å². The summed E-state index contributed by atoms with van der Waals surface area (Å²) in [5.41, 5.74) is 0. The van der Waals surface area contributed by atoms with Gasteiger partial charge in [0.25, 0.3) is 0 Å². The first-order valence-corrected chi connectivity index (χ1v) is 6.03. The number of likely N-dealkylation sites (N-methyl/N-ethyl adjacent to an activating group) is 1. The highest BCUT2D eigenvalue weighted by molar-refractivity contribution is 4.80. The number of hydrogen-bond donors (Lipinski definition) is 2. The molecule has 1 aliphatic carbocycles. The van der Waals surface area contributed by atoms with Gasteiger partial charge >= 0.3 is 0 Å². The van der Waals surface area contributed by atoms with Gasteiger partial charge in [0.15, 0.2) is 0 Å².